The molecule has 0 aliphatic carbocycles. The molecule has 4 heteroatoms. The van der Waals surface area contributed by atoms with Gasteiger partial charge in [-0.2, -0.15) is 0 Å². The van der Waals surface area contributed by atoms with Gasteiger partial charge in [-0.25, -0.2) is 0 Å². The van der Waals surface area contributed by atoms with E-state index in [9.17, 15) is 5.11 Å². The average molecular weight is 318 g/mol. The van der Waals surface area contributed by atoms with Gasteiger partial charge in [0.2, 0.25) is 0 Å². The zero-order valence-electron chi connectivity index (χ0n) is 8.36. The Bertz CT molecular complexity index is 483. The van der Waals surface area contributed by atoms with E-state index in [-0.39, 0.29) is 0 Å². The van der Waals surface area contributed by atoms with Gasteiger partial charge in [-0.05, 0) is 23.8 Å². The zero-order chi connectivity index (χ0) is 11.5. The van der Waals surface area contributed by atoms with Gasteiger partial charge in [-0.3, -0.25) is 0 Å². The fourth-order valence-electron chi connectivity index (χ4n) is 1.49. The second kappa shape index (κ2) is 5.32. The van der Waals surface area contributed by atoms with E-state index in [1.165, 1.54) is 11.3 Å². The Hall–Kier alpha value is -0.350. The lowest BCUT2D eigenvalue weighted by atomic mass is 10.1. The number of halogens is 2. The van der Waals surface area contributed by atoms with Gasteiger partial charge < -0.3 is 5.11 Å². The molecule has 0 spiro atoms. The summed E-state index contributed by atoms with van der Waals surface area (Å²) in [5.74, 6) is 0. The maximum atomic E-state index is 10.0. The third-order valence-electron chi connectivity index (χ3n) is 2.23. The molecule has 0 radical (unpaired) electrons. The van der Waals surface area contributed by atoms with E-state index < -0.39 is 6.10 Å². The van der Waals surface area contributed by atoms with E-state index >= 15 is 0 Å². The Balaban J connectivity index is 2.10. The molecule has 0 aliphatic rings. The van der Waals surface area contributed by atoms with Gasteiger partial charge in [0.15, 0.2) is 0 Å². The molecule has 1 aromatic carbocycles. The van der Waals surface area contributed by atoms with Crippen molar-refractivity contribution in [3.63, 3.8) is 0 Å². The summed E-state index contributed by atoms with van der Waals surface area (Å²) in [5.41, 5.74) is 1.10. The summed E-state index contributed by atoms with van der Waals surface area (Å²) >= 11 is 10.7. The summed E-state index contributed by atoms with van der Waals surface area (Å²) in [4.78, 5) is 0.907. The molecule has 0 saturated heterocycles. The zero-order valence-corrected chi connectivity index (χ0v) is 11.5. The van der Waals surface area contributed by atoms with Crippen LogP contribution >= 0.6 is 38.9 Å². The molecule has 84 valence electrons. The lowest BCUT2D eigenvalue weighted by Crippen LogP contribution is -1.99. The number of thiophene rings is 1. The van der Waals surface area contributed by atoms with Crippen LogP contribution < -0.4 is 0 Å². The third-order valence-corrected chi connectivity index (χ3v) is 4.11. The van der Waals surface area contributed by atoms with E-state index in [1.807, 2.05) is 35.7 Å². The minimum absolute atomic E-state index is 0.480. The minimum Gasteiger partial charge on any atom is -0.387 e. The molecule has 0 saturated carbocycles. The van der Waals surface area contributed by atoms with Crippen molar-refractivity contribution < 1.29 is 5.11 Å². The largest absolute Gasteiger partial charge is 0.387 e. The second-order valence-electron chi connectivity index (χ2n) is 3.52. The van der Waals surface area contributed by atoms with Crippen molar-refractivity contribution in [2.75, 3.05) is 0 Å². The van der Waals surface area contributed by atoms with Gasteiger partial charge in [-0.15, -0.1) is 11.3 Å². The fraction of sp³-hybridized carbons (Fsp3) is 0.167. The van der Waals surface area contributed by atoms with E-state index in [4.69, 9.17) is 11.6 Å². The molecule has 0 fully saturated rings. The van der Waals surface area contributed by atoms with Crippen LogP contribution in [0.4, 0.5) is 0 Å². The molecule has 1 aromatic heterocycles. The molecule has 2 rings (SSSR count). The second-order valence-corrected chi connectivity index (χ2v) is 5.81. The van der Waals surface area contributed by atoms with Crippen LogP contribution in [0.25, 0.3) is 0 Å². The molecular formula is C12H10BrClOS. The summed E-state index contributed by atoms with van der Waals surface area (Å²) in [6.45, 7) is 0. The van der Waals surface area contributed by atoms with Crippen LogP contribution in [-0.4, -0.2) is 5.11 Å². The van der Waals surface area contributed by atoms with E-state index in [2.05, 4.69) is 15.9 Å². The molecule has 2 aromatic rings. The van der Waals surface area contributed by atoms with Gasteiger partial charge in [0.1, 0.15) is 0 Å². The first-order valence-corrected chi connectivity index (χ1v) is 6.86. The first-order chi connectivity index (χ1) is 7.65. The highest BCUT2D eigenvalue weighted by Gasteiger charge is 2.11. The number of rotatable bonds is 3. The van der Waals surface area contributed by atoms with Gasteiger partial charge in [0.25, 0.3) is 0 Å². The highest BCUT2D eigenvalue weighted by molar-refractivity contribution is 9.10. The Morgan fingerprint density at radius 2 is 2.19 bits per heavy atom. The molecule has 1 unspecified atom stereocenters. The highest BCUT2D eigenvalue weighted by atomic mass is 79.9. The standard InChI is InChI=1S/C12H10BrClOS/c13-9-3-1-2-8(4-9)5-11(15)12-6-10(14)7-16-12/h1-4,6-7,11,15H,5H2. The summed E-state index contributed by atoms with van der Waals surface area (Å²) in [6, 6.07) is 9.77. The Morgan fingerprint density at radius 1 is 1.38 bits per heavy atom. The normalized spacial score (nSPS) is 12.7. The first kappa shape index (κ1) is 12.1. The van der Waals surface area contributed by atoms with E-state index in [0.29, 0.717) is 11.4 Å². The first-order valence-electron chi connectivity index (χ1n) is 4.81. The van der Waals surface area contributed by atoms with Crippen molar-refractivity contribution in [1.29, 1.82) is 0 Å². The van der Waals surface area contributed by atoms with Crippen LogP contribution in [-0.2, 0) is 6.42 Å². The fourth-order valence-corrected chi connectivity index (χ4v) is 3.01. The topological polar surface area (TPSA) is 20.2 Å². The van der Waals surface area contributed by atoms with Crippen LogP contribution in [0.3, 0.4) is 0 Å². The van der Waals surface area contributed by atoms with Crippen molar-refractivity contribution in [2.45, 2.75) is 12.5 Å². The molecule has 1 N–H and O–H groups in total. The maximum absolute atomic E-state index is 10.0. The number of aliphatic hydroxyl groups excluding tert-OH is 1. The van der Waals surface area contributed by atoms with Crippen LogP contribution in [0, 0.1) is 0 Å². The Kier molecular flexibility index (Phi) is 4.03. The van der Waals surface area contributed by atoms with Crippen molar-refractivity contribution in [2.24, 2.45) is 0 Å². The molecule has 0 aliphatic heterocycles. The molecule has 1 nitrogen and oxygen atoms in total. The molecule has 1 heterocycles. The van der Waals surface area contributed by atoms with Crippen molar-refractivity contribution in [1.82, 2.24) is 0 Å². The van der Waals surface area contributed by atoms with Gasteiger partial charge >= 0.3 is 0 Å². The summed E-state index contributed by atoms with van der Waals surface area (Å²) < 4.78 is 1.03. The number of aliphatic hydroxyl groups is 1. The minimum atomic E-state index is -0.480. The van der Waals surface area contributed by atoms with Crippen molar-refractivity contribution in [3.8, 4) is 0 Å². The third kappa shape index (κ3) is 3.08. The quantitative estimate of drug-likeness (QED) is 0.887. The number of hydrogen-bond acceptors (Lipinski definition) is 2. The van der Waals surface area contributed by atoms with Crippen molar-refractivity contribution in [3.05, 3.63) is 55.6 Å². The van der Waals surface area contributed by atoms with E-state index in [1.54, 1.807) is 0 Å². The molecule has 0 amide bonds. The highest BCUT2D eigenvalue weighted by Crippen LogP contribution is 2.27. The SMILES string of the molecule is OC(Cc1cccc(Br)c1)c1cc(Cl)cs1. The van der Waals surface area contributed by atoms with Crippen LogP contribution in [0.15, 0.2) is 40.2 Å². The van der Waals surface area contributed by atoms with Crippen molar-refractivity contribution >= 4 is 38.9 Å². The predicted octanol–water partition coefficient (Wildman–Crippen LogP) is 4.44. The van der Waals surface area contributed by atoms with Crippen LogP contribution in [0.1, 0.15) is 16.5 Å². The smallest absolute Gasteiger partial charge is 0.0922 e. The average Bonchev–Trinajstić information content (AvgIpc) is 2.65. The molecule has 16 heavy (non-hydrogen) atoms. The van der Waals surface area contributed by atoms with Crippen LogP contribution in [0.2, 0.25) is 5.02 Å². The van der Waals surface area contributed by atoms with Gasteiger partial charge in [0.05, 0.1) is 11.1 Å². The Labute approximate surface area is 112 Å². The molecule has 1 atom stereocenters. The molecule has 0 bridgehead atoms. The number of hydrogen-bond donors (Lipinski definition) is 1. The lowest BCUT2D eigenvalue weighted by Gasteiger charge is -2.08. The van der Waals surface area contributed by atoms with Gasteiger partial charge in [0, 0.05) is 21.2 Å². The molecular weight excluding hydrogens is 308 g/mol. The summed E-state index contributed by atoms with van der Waals surface area (Å²) in [6.07, 6.45) is 0.128. The predicted molar refractivity (Wildman–Crippen MR) is 72.1 cm³/mol. The van der Waals surface area contributed by atoms with Gasteiger partial charge in [-0.1, -0.05) is 39.7 Å². The lowest BCUT2D eigenvalue weighted by molar-refractivity contribution is 0.182. The maximum Gasteiger partial charge on any atom is 0.0922 e. The summed E-state index contributed by atoms with van der Waals surface area (Å²) in [7, 11) is 0. The van der Waals surface area contributed by atoms with Crippen LogP contribution in [0.5, 0.6) is 0 Å². The van der Waals surface area contributed by atoms with E-state index in [0.717, 1.165) is 14.9 Å². The summed E-state index contributed by atoms with van der Waals surface area (Å²) in [5, 5.41) is 12.5. The monoisotopic (exact) mass is 316 g/mol. The Morgan fingerprint density at radius 3 is 2.81 bits per heavy atom. The number of benzene rings is 1.